The number of hydrogen-bond donors (Lipinski definition) is 2. The Morgan fingerprint density at radius 1 is 0.765 bits per heavy atom. The monoisotopic (exact) mass is 482 g/mol. The molecule has 5 aromatic rings. The Kier molecular flexibility index (Phi) is 6.43. The molecule has 0 saturated carbocycles. The number of halogens is 1. The van der Waals surface area contributed by atoms with Gasteiger partial charge in [0.05, 0.1) is 10.7 Å². The van der Waals surface area contributed by atoms with Crippen LogP contribution >= 0.6 is 23.4 Å². The van der Waals surface area contributed by atoms with Crippen LogP contribution in [0.4, 0.5) is 11.4 Å². The molecule has 0 radical (unpaired) electrons. The summed E-state index contributed by atoms with van der Waals surface area (Å²) in [6.45, 7) is 2.18. The molecule has 5 rings (SSSR count). The number of carbonyl (C=O) groups is 1. The van der Waals surface area contributed by atoms with Crippen molar-refractivity contribution in [2.75, 3.05) is 10.6 Å². The standard InChI is InChI=1S/C29H23ClN2OS/c1-19(33)32-20-14-16-21(17-15-20)34-29-24-10-4-2-8-22(24)26(23-9-3-5-11-25(23)29)18-31-28-13-7-6-12-27(28)30/h2-17,31H,18H2,1H3,(H,32,33). The molecule has 0 unspecified atom stereocenters. The van der Waals surface area contributed by atoms with Crippen LogP contribution in [-0.4, -0.2) is 5.91 Å². The van der Waals surface area contributed by atoms with E-state index in [4.69, 9.17) is 11.6 Å². The van der Waals surface area contributed by atoms with Crippen LogP contribution < -0.4 is 10.6 Å². The highest BCUT2D eigenvalue weighted by Gasteiger charge is 2.15. The lowest BCUT2D eigenvalue weighted by Gasteiger charge is -2.18. The van der Waals surface area contributed by atoms with Crippen molar-refractivity contribution >= 4 is 62.2 Å². The van der Waals surface area contributed by atoms with Gasteiger partial charge in [-0.15, -0.1) is 0 Å². The van der Waals surface area contributed by atoms with Crippen molar-refractivity contribution in [1.29, 1.82) is 0 Å². The lowest BCUT2D eigenvalue weighted by molar-refractivity contribution is -0.114. The Morgan fingerprint density at radius 3 is 1.91 bits per heavy atom. The third-order valence-electron chi connectivity index (χ3n) is 5.72. The summed E-state index contributed by atoms with van der Waals surface area (Å²) in [7, 11) is 0. The average Bonchev–Trinajstić information content (AvgIpc) is 2.85. The molecule has 0 aliphatic heterocycles. The molecular weight excluding hydrogens is 460 g/mol. The van der Waals surface area contributed by atoms with Crippen LogP contribution in [0.1, 0.15) is 12.5 Å². The highest BCUT2D eigenvalue weighted by atomic mass is 35.5. The largest absolute Gasteiger partial charge is 0.380 e. The van der Waals surface area contributed by atoms with E-state index in [1.165, 1.54) is 38.9 Å². The summed E-state index contributed by atoms with van der Waals surface area (Å²) in [5.74, 6) is -0.0709. The Hall–Kier alpha value is -3.47. The fraction of sp³-hybridized carbons (Fsp3) is 0.0690. The molecular formula is C29H23ClN2OS. The second kappa shape index (κ2) is 9.80. The molecule has 34 heavy (non-hydrogen) atoms. The number of rotatable bonds is 6. The van der Waals surface area contributed by atoms with E-state index in [2.05, 4.69) is 59.2 Å². The number of carbonyl (C=O) groups excluding carboxylic acids is 1. The van der Waals surface area contributed by atoms with Crippen molar-refractivity contribution in [2.45, 2.75) is 23.3 Å². The molecule has 0 aliphatic carbocycles. The molecule has 0 aliphatic rings. The maximum atomic E-state index is 11.3. The van der Waals surface area contributed by atoms with Gasteiger partial charge in [0.25, 0.3) is 0 Å². The Balaban J connectivity index is 1.59. The summed E-state index contributed by atoms with van der Waals surface area (Å²) in [6, 6.07) is 32.9. The molecule has 3 nitrogen and oxygen atoms in total. The molecule has 2 N–H and O–H groups in total. The highest BCUT2D eigenvalue weighted by Crippen LogP contribution is 2.42. The number of para-hydroxylation sites is 1. The van der Waals surface area contributed by atoms with Crippen molar-refractivity contribution in [1.82, 2.24) is 0 Å². The van der Waals surface area contributed by atoms with Crippen LogP contribution in [0.5, 0.6) is 0 Å². The topological polar surface area (TPSA) is 41.1 Å². The van der Waals surface area contributed by atoms with Crippen molar-refractivity contribution < 1.29 is 4.79 Å². The van der Waals surface area contributed by atoms with E-state index < -0.39 is 0 Å². The van der Waals surface area contributed by atoms with Crippen molar-refractivity contribution in [3.05, 3.63) is 108 Å². The van der Waals surface area contributed by atoms with Gasteiger partial charge < -0.3 is 10.6 Å². The molecule has 0 heterocycles. The van der Waals surface area contributed by atoms with Gasteiger partial charge >= 0.3 is 0 Å². The zero-order valence-electron chi connectivity index (χ0n) is 18.6. The number of anilines is 2. The number of amides is 1. The summed E-state index contributed by atoms with van der Waals surface area (Å²) in [6.07, 6.45) is 0. The zero-order valence-corrected chi connectivity index (χ0v) is 20.2. The Labute approximate surface area is 208 Å². The summed E-state index contributed by atoms with van der Waals surface area (Å²) in [4.78, 5) is 13.7. The van der Waals surface area contributed by atoms with Crippen LogP contribution in [0, 0.1) is 0 Å². The molecule has 5 aromatic carbocycles. The number of fused-ring (bicyclic) bond motifs is 2. The average molecular weight is 483 g/mol. The van der Waals surface area contributed by atoms with Gasteiger partial charge in [0.2, 0.25) is 5.91 Å². The fourth-order valence-electron chi connectivity index (χ4n) is 4.19. The van der Waals surface area contributed by atoms with E-state index in [1.807, 2.05) is 48.5 Å². The van der Waals surface area contributed by atoms with Gasteiger partial charge in [0, 0.05) is 28.9 Å². The number of hydrogen-bond acceptors (Lipinski definition) is 3. The minimum Gasteiger partial charge on any atom is -0.380 e. The van der Waals surface area contributed by atoms with Crippen molar-refractivity contribution in [3.8, 4) is 0 Å². The molecule has 5 heteroatoms. The maximum absolute atomic E-state index is 11.3. The van der Waals surface area contributed by atoms with E-state index in [0.717, 1.165) is 16.3 Å². The zero-order chi connectivity index (χ0) is 23.5. The summed E-state index contributed by atoms with van der Waals surface area (Å²) in [5.41, 5.74) is 2.97. The normalized spacial score (nSPS) is 11.0. The van der Waals surface area contributed by atoms with Crippen molar-refractivity contribution in [2.24, 2.45) is 0 Å². The second-order valence-corrected chi connectivity index (χ2v) is 9.53. The summed E-state index contributed by atoms with van der Waals surface area (Å²) < 4.78 is 0. The first-order chi connectivity index (χ1) is 16.6. The molecule has 1 amide bonds. The second-order valence-electron chi connectivity index (χ2n) is 8.04. The van der Waals surface area contributed by atoms with Gasteiger partial charge in [-0.2, -0.15) is 0 Å². The highest BCUT2D eigenvalue weighted by molar-refractivity contribution is 7.99. The smallest absolute Gasteiger partial charge is 0.221 e. The van der Waals surface area contributed by atoms with Crippen LogP contribution in [0.2, 0.25) is 5.02 Å². The van der Waals surface area contributed by atoms with E-state index in [9.17, 15) is 4.79 Å². The predicted octanol–water partition coefficient (Wildman–Crippen LogP) is 8.37. The third kappa shape index (κ3) is 4.60. The molecule has 0 atom stereocenters. The SMILES string of the molecule is CC(=O)Nc1ccc(Sc2c3ccccc3c(CNc3ccccc3Cl)c3ccccc23)cc1. The first-order valence-corrected chi connectivity index (χ1v) is 12.3. The molecule has 0 bridgehead atoms. The van der Waals surface area contributed by atoms with Gasteiger partial charge in [0.15, 0.2) is 0 Å². The minimum absolute atomic E-state index is 0.0709. The third-order valence-corrected chi connectivity index (χ3v) is 7.20. The van der Waals surface area contributed by atoms with E-state index in [-0.39, 0.29) is 5.91 Å². The van der Waals surface area contributed by atoms with Crippen LogP contribution in [0.25, 0.3) is 21.5 Å². The Morgan fingerprint density at radius 2 is 1.32 bits per heavy atom. The number of nitrogens with one attached hydrogen (secondary N) is 2. The van der Waals surface area contributed by atoms with Crippen LogP contribution in [-0.2, 0) is 11.3 Å². The van der Waals surface area contributed by atoms with E-state index in [0.29, 0.717) is 11.6 Å². The lowest BCUT2D eigenvalue weighted by atomic mass is 9.96. The number of benzene rings is 5. The first-order valence-electron chi connectivity index (χ1n) is 11.1. The van der Waals surface area contributed by atoms with E-state index in [1.54, 1.807) is 11.8 Å². The first kappa shape index (κ1) is 22.3. The maximum Gasteiger partial charge on any atom is 0.221 e. The molecule has 0 spiro atoms. The predicted molar refractivity (Wildman–Crippen MR) is 145 cm³/mol. The lowest BCUT2D eigenvalue weighted by Crippen LogP contribution is -2.05. The fourth-order valence-corrected chi connectivity index (χ4v) is 5.48. The molecule has 0 aromatic heterocycles. The van der Waals surface area contributed by atoms with Crippen LogP contribution in [0.15, 0.2) is 107 Å². The summed E-state index contributed by atoms with van der Waals surface area (Å²) >= 11 is 8.14. The Bertz CT molecular complexity index is 1440. The molecule has 0 fully saturated rings. The van der Waals surface area contributed by atoms with Gasteiger partial charge in [-0.25, -0.2) is 0 Å². The van der Waals surface area contributed by atoms with Gasteiger partial charge in [0.1, 0.15) is 0 Å². The minimum atomic E-state index is -0.0709. The molecule has 168 valence electrons. The summed E-state index contributed by atoms with van der Waals surface area (Å²) in [5, 5.41) is 11.9. The van der Waals surface area contributed by atoms with Crippen LogP contribution in [0.3, 0.4) is 0 Å². The van der Waals surface area contributed by atoms with Gasteiger partial charge in [-0.1, -0.05) is 84.0 Å². The molecule has 0 saturated heterocycles. The van der Waals surface area contributed by atoms with Gasteiger partial charge in [-0.3, -0.25) is 4.79 Å². The van der Waals surface area contributed by atoms with Gasteiger partial charge in [-0.05, 0) is 63.5 Å². The quantitative estimate of drug-likeness (QED) is 0.239. The van der Waals surface area contributed by atoms with E-state index >= 15 is 0 Å². The van der Waals surface area contributed by atoms with Crippen molar-refractivity contribution in [3.63, 3.8) is 0 Å².